The highest BCUT2D eigenvalue weighted by Crippen LogP contribution is 2.05. The van der Waals surface area contributed by atoms with Crippen LogP contribution in [-0.4, -0.2) is 21.9 Å². The summed E-state index contributed by atoms with van der Waals surface area (Å²) in [5.74, 6) is -0.139. The average Bonchev–Trinajstić information content (AvgIpc) is 2.25. The third-order valence-electron chi connectivity index (χ3n) is 1.81. The van der Waals surface area contributed by atoms with Crippen LogP contribution in [0.5, 0.6) is 0 Å². The Morgan fingerprint density at radius 3 is 2.87 bits per heavy atom. The summed E-state index contributed by atoms with van der Waals surface area (Å²) in [5.41, 5.74) is 0.411. The van der Waals surface area contributed by atoms with E-state index in [1.807, 2.05) is 0 Å². The third kappa shape index (κ3) is 4.79. The predicted octanol–water partition coefficient (Wildman–Crippen LogP) is 2.68. The molecule has 1 aromatic rings. The molecule has 1 heterocycles. The fourth-order valence-corrected chi connectivity index (χ4v) is 1.67. The highest BCUT2D eigenvalue weighted by atomic mass is 127. The van der Waals surface area contributed by atoms with Crippen LogP contribution in [0, 0.1) is 0 Å². The number of nitrogens with one attached hydrogen (secondary N) is 1. The molecule has 0 aliphatic rings. The van der Waals surface area contributed by atoms with E-state index in [9.17, 15) is 4.79 Å². The van der Waals surface area contributed by atoms with Gasteiger partial charge in [-0.15, -0.1) is 0 Å². The molecule has 0 aliphatic carbocycles. The van der Waals surface area contributed by atoms with Crippen LogP contribution >= 0.6 is 34.2 Å². The minimum absolute atomic E-state index is 0.139. The van der Waals surface area contributed by atoms with Crippen molar-refractivity contribution in [2.75, 3.05) is 11.0 Å². The van der Waals surface area contributed by atoms with Gasteiger partial charge in [0.25, 0.3) is 5.91 Å². The van der Waals surface area contributed by atoms with Crippen molar-refractivity contribution >= 4 is 40.1 Å². The van der Waals surface area contributed by atoms with E-state index in [1.54, 1.807) is 12.1 Å². The Hall–Kier alpha value is -0.360. The van der Waals surface area contributed by atoms with Crippen molar-refractivity contribution in [3.8, 4) is 0 Å². The van der Waals surface area contributed by atoms with Gasteiger partial charge >= 0.3 is 0 Å². The van der Waals surface area contributed by atoms with Crippen LogP contribution in [0.15, 0.2) is 18.3 Å². The topological polar surface area (TPSA) is 42.0 Å². The van der Waals surface area contributed by atoms with Gasteiger partial charge in [0.1, 0.15) is 5.69 Å². The fourth-order valence-electron chi connectivity index (χ4n) is 1.02. The number of halogens is 2. The highest BCUT2D eigenvalue weighted by molar-refractivity contribution is 14.1. The molecule has 1 N–H and O–H groups in total. The first-order valence-corrected chi connectivity index (χ1v) is 6.60. The summed E-state index contributed by atoms with van der Waals surface area (Å²) in [5, 5.41) is 3.34. The van der Waals surface area contributed by atoms with Crippen molar-refractivity contribution in [2.45, 2.75) is 12.8 Å². The van der Waals surface area contributed by atoms with E-state index in [2.05, 4.69) is 32.9 Å². The van der Waals surface area contributed by atoms with Crippen molar-refractivity contribution in [3.05, 3.63) is 29.0 Å². The predicted molar refractivity (Wildman–Crippen MR) is 69.7 cm³/mol. The maximum absolute atomic E-state index is 11.5. The number of hydrogen-bond acceptors (Lipinski definition) is 2. The first-order valence-electron chi connectivity index (χ1n) is 4.70. The molecule has 1 aromatic heterocycles. The smallest absolute Gasteiger partial charge is 0.269 e. The molecule has 82 valence electrons. The molecule has 1 amide bonds. The van der Waals surface area contributed by atoms with Gasteiger partial charge in [0.05, 0.1) is 5.02 Å². The van der Waals surface area contributed by atoms with Crippen molar-refractivity contribution in [2.24, 2.45) is 0 Å². The summed E-state index contributed by atoms with van der Waals surface area (Å²) in [7, 11) is 0. The molecular weight excluding hydrogens is 326 g/mol. The van der Waals surface area contributed by atoms with Gasteiger partial charge in [-0.3, -0.25) is 4.79 Å². The maximum atomic E-state index is 11.5. The third-order valence-corrected chi connectivity index (χ3v) is 2.79. The zero-order valence-corrected chi connectivity index (χ0v) is 11.1. The number of aromatic nitrogens is 1. The van der Waals surface area contributed by atoms with Gasteiger partial charge in [-0.2, -0.15) is 0 Å². The van der Waals surface area contributed by atoms with Crippen LogP contribution in [0.25, 0.3) is 0 Å². The molecule has 0 fully saturated rings. The monoisotopic (exact) mass is 338 g/mol. The number of nitrogens with zero attached hydrogens (tertiary/aromatic N) is 1. The molecule has 1 rings (SSSR count). The zero-order valence-electron chi connectivity index (χ0n) is 8.17. The van der Waals surface area contributed by atoms with Crippen LogP contribution < -0.4 is 5.32 Å². The van der Waals surface area contributed by atoms with Gasteiger partial charge in [-0.05, 0) is 29.4 Å². The van der Waals surface area contributed by atoms with E-state index in [1.165, 1.54) is 6.20 Å². The van der Waals surface area contributed by atoms with Gasteiger partial charge in [0.15, 0.2) is 0 Å². The van der Waals surface area contributed by atoms with Crippen molar-refractivity contribution in [1.82, 2.24) is 10.3 Å². The van der Waals surface area contributed by atoms with Gasteiger partial charge in [-0.1, -0.05) is 34.2 Å². The number of alkyl halides is 1. The normalized spacial score (nSPS) is 10.0. The summed E-state index contributed by atoms with van der Waals surface area (Å²) in [6.07, 6.45) is 3.60. The molecule has 15 heavy (non-hydrogen) atoms. The minimum atomic E-state index is -0.139. The Labute approximate surface area is 108 Å². The lowest BCUT2D eigenvalue weighted by molar-refractivity contribution is 0.0948. The first kappa shape index (κ1) is 12.7. The molecule has 3 nitrogen and oxygen atoms in total. The number of unbranched alkanes of at least 4 members (excludes halogenated alkanes) is 1. The lowest BCUT2D eigenvalue weighted by atomic mass is 10.3. The van der Waals surface area contributed by atoms with Crippen molar-refractivity contribution in [3.63, 3.8) is 0 Å². The second-order valence-electron chi connectivity index (χ2n) is 3.01. The van der Waals surface area contributed by atoms with E-state index in [4.69, 9.17) is 11.6 Å². The zero-order chi connectivity index (χ0) is 11.1. The quantitative estimate of drug-likeness (QED) is 0.509. The second kappa shape index (κ2) is 7.00. The Balaban J connectivity index is 2.37. The number of carbonyl (C=O) groups excluding carboxylic acids is 1. The SMILES string of the molecule is O=C(NCCCCI)c1ccc(Cl)cn1. The van der Waals surface area contributed by atoms with Crippen LogP contribution in [0.4, 0.5) is 0 Å². The molecule has 0 aromatic carbocycles. The molecule has 0 unspecified atom stereocenters. The van der Waals surface area contributed by atoms with E-state index in [-0.39, 0.29) is 5.91 Å². The minimum Gasteiger partial charge on any atom is -0.351 e. The Kier molecular flexibility index (Phi) is 5.93. The lowest BCUT2D eigenvalue weighted by Crippen LogP contribution is -2.25. The van der Waals surface area contributed by atoms with Gasteiger partial charge < -0.3 is 5.32 Å². The molecule has 0 aliphatic heterocycles. The fraction of sp³-hybridized carbons (Fsp3) is 0.400. The van der Waals surface area contributed by atoms with E-state index in [0.29, 0.717) is 17.3 Å². The highest BCUT2D eigenvalue weighted by Gasteiger charge is 2.05. The van der Waals surface area contributed by atoms with Crippen LogP contribution in [0.1, 0.15) is 23.3 Å². The molecule has 0 radical (unpaired) electrons. The van der Waals surface area contributed by atoms with E-state index < -0.39 is 0 Å². The van der Waals surface area contributed by atoms with Gasteiger partial charge in [0, 0.05) is 12.7 Å². The standard InChI is InChI=1S/C10H12ClIN2O/c11-8-3-4-9(14-7-8)10(15)13-6-2-1-5-12/h3-4,7H,1-2,5-6H2,(H,13,15). The molecule has 0 saturated heterocycles. The summed E-state index contributed by atoms with van der Waals surface area (Å²) in [6, 6.07) is 3.28. The number of amides is 1. The van der Waals surface area contributed by atoms with E-state index >= 15 is 0 Å². The van der Waals surface area contributed by atoms with Crippen LogP contribution in [0.2, 0.25) is 5.02 Å². The summed E-state index contributed by atoms with van der Waals surface area (Å²) >= 11 is 7.99. The molecule has 0 saturated carbocycles. The lowest BCUT2D eigenvalue weighted by Gasteiger charge is -2.03. The number of rotatable bonds is 5. The van der Waals surface area contributed by atoms with Crippen LogP contribution in [-0.2, 0) is 0 Å². The number of hydrogen-bond donors (Lipinski definition) is 1. The summed E-state index contributed by atoms with van der Waals surface area (Å²) in [4.78, 5) is 15.4. The largest absolute Gasteiger partial charge is 0.351 e. The van der Waals surface area contributed by atoms with E-state index in [0.717, 1.165) is 17.3 Å². The van der Waals surface area contributed by atoms with Gasteiger partial charge in [0.2, 0.25) is 0 Å². The molecular formula is C10H12ClIN2O. The van der Waals surface area contributed by atoms with Crippen molar-refractivity contribution in [1.29, 1.82) is 0 Å². The Morgan fingerprint density at radius 1 is 1.47 bits per heavy atom. The van der Waals surface area contributed by atoms with Crippen LogP contribution in [0.3, 0.4) is 0 Å². The maximum Gasteiger partial charge on any atom is 0.269 e. The number of pyridine rings is 1. The average molecular weight is 339 g/mol. The number of carbonyl (C=O) groups is 1. The summed E-state index contributed by atoms with van der Waals surface area (Å²) in [6.45, 7) is 0.701. The molecule has 0 atom stereocenters. The summed E-state index contributed by atoms with van der Waals surface area (Å²) < 4.78 is 1.12. The Bertz CT molecular complexity index is 316. The van der Waals surface area contributed by atoms with Crippen molar-refractivity contribution < 1.29 is 4.79 Å². The molecule has 5 heteroatoms. The second-order valence-corrected chi connectivity index (χ2v) is 4.53. The first-order chi connectivity index (χ1) is 7.24. The Morgan fingerprint density at radius 2 is 2.27 bits per heavy atom. The van der Waals surface area contributed by atoms with Gasteiger partial charge in [-0.25, -0.2) is 4.98 Å². The molecule has 0 bridgehead atoms. The molecule has 0 spiro atoms.